The zero-order chi connectivity index (χ0) is 30.1. The molecule has 1 saturated heterocycles. The second-order valence-electron chi connectivity index (χ2n) is 11.2. The van der Waals surface area contributed by atoms with E-state index in [0.29, 0.717) is 64.7 Å². The maximum Gasteiger partial charge on any atom is 0.339 e. The molecule has 3 unspecified atom stereocenters. The number of carbonyl (C=O) groups is 4. The van der Waals surface area contributed by atoms with Gasteiger partial charge in [-0.3, -0.25) is 19.3 Å². The number of ketones is 1. The number of esters is 1. The van der Waals surface area contributed by atoms with Gasteiger partial charge in [0.15, 0.2) is 6.10 Å². The van der Waals surface area contributed by atoms with Crippen molar-refractivity contribution in [1.82, 2.24) is 4.98 Å². The molecule has 0 bridgehead atoms. The van der Waals surface area contributed by atoms with Crippen LogP contribution in [-0.2, 0) is 14.3 Å². The van der Waals surface area contributed by atoms with Gasteiger partial charge in [0.05, 0.1) is 34.3 Å². The molecule has 3 atom stereocenters. The second kappa shape index (κ2) is 11.8. The van der Waals surface area contributed by atoms with E-state index in [1.807, 2.05) is 50.3 Å². The number of anilines is 1. The summed E-state index contributed by atoms with van der Waals surface area (Å²) in [6.07, 6.45) is 5.27. The van der Waals surface area contributed by atoms with Crippen molar-refractivity contribution in [3.63, 3.8) is 0 Å². The van der Waals surface area contributed by atoms with Crippen LogP contribution in [0.15, 0.2) is 91.0 Å². The summed E-state index contributed by atoms with van der Waals surface area (Å²) in [5, 5.41) is 0.636. The lowest BCUT2D eigenvalue weighted by atomic mass is 9.85. The Balaban J connectivity index is 1.33. The fourth-order valence-corrected chi connectivity index (χ4v) is 6.03. The number of aryl methyl sites for hydroxylation is 1. The monoisotopic (exact) mass is 572 g/mol. The molecule has 7 heteroatoms. The summed E-state index contributed by atoms with van der Waals surface area (Å²) in [6.45, 7) is 3.87. The molecule has 7 nitrogen and oxygen atoms in total. The van der Waals surface area contributed by atoms with E-state index in [0.717, 1.165) is 5.56 Å². The summed E-state index contributed by atoms with van der Waals surface area (Å²) in [7, 11) is 0. The van der Waals surface area contributed by atoms with E-state index in [9.17, 15) is 19.2 Å². The van der Waals surface area contributed by atoms with E-state index in [4.69, 9.17) is 9.72 Å². The molecule has 6 rings (SSSR count). The average Bonchev–Trinajstić information content (AvgIpc) is 3.30. The summed E-state index contributed by atoms with van der Waals surface area (Å²) < 4.78 is 5.89. The molecule has 2 heterocycles. The first-order chi connectivity index (χ1) is 20.9. The number of nitrogens with zero attached hydrogens (tertiary/aromatic N) is 2. The van der Waals surface area contributed by atoms with Crippen molar-refractivity contribution in [2.75, 3.05) is 4.90 Å². The van der Waals surface area contributed by atoms with Crippen molar-refractivity contribution in [3.8, 4) is 11.3 Å². The summed E-state index contributed by atoms with van der Waals surface area (Å²) in [5.41, 5.74) is 4.13. The molecule has 2 amide bonds. The number of imide groups is 1. The zero-order valence-electron chi connectivity index (χ0n) is 24.2. The third kappa shape index (κ3) is 5.27. The van der Waals surface area contributed by atoms with E-state index < -0.39 is 12.1 Å². The number of allylic oxidation sites excluding steroid dienone is 2. The standard InChI is InChI=1S/C36H32N2O5/c1-3-10-31(33(39)24-12-5-4-6-13-24)43-36(42)29-21-30(37-32-22(2)11-9-16-26(29)32)23-17-19-25(20-18-23)38-34(40)27-14-7-8-15-28(27)35(38)41/h4-9,11-13,16-21,27-28,31H,3,10,14-15H2,1-2H3. The Bertz CT molecular complexity index is 1730. The fraction of sp³-hybridized carbons (Fsp3) is 0.250. The molecule has 0 saturated carbocycles. The summed E-state index contributed by atoms with van der Waals surface area (Å²) in [4.78, 5) is 59.2. The molecule has 4 aromatic rings. The van der Waals surface area contributed by atoms with E-state index in [2.05, 4.69) is 0 Å². The highest BCUT2D eigenvalue weighted by molar-refractivity contribution is 6.22. The number of para-hydroxylation sites is 1. The van der Waals surface area contributed by atoms with E-state index in [1.165, 1.54) is 4.90 Å². The summed E-state index contributed by atoms with van der Waals surface area (Å²) >= 11 is 0. The number of rotatable bonds is 8. The number of hydrogen-bond acceptors (Lipinski definition) is 6. The van der Waals surface area contributed by atoms with Gasteiger partial charge in [0, 0.05) is 16.5 Å². The molecule has 2 aliphatic rings. The van der Waals surface area contributed by atoms with Crippen molar-refractivity contribution < 1.29 is 23.9 Å². The molecule has 0 spiro atoms. The molecule has 3 aromatic carbocycles. The topological polar surface area (TPSA) is 93.6 Å². The molecule has 0 radical (unpaired) electrons. The van der Waals surface area contributed by atoms with Crippen LogP contribution in [0, 0.1) is 18.8 Å². The highest BCUT2D eigenvalue weighted by Crippen LogP contribution is 2.38. The normalized spacial score (nSPS) is 18.5. The largest absolute Gasteiger partial charge is 0.450 e. The Morgan fingerprint density at radius 1 is 0.907 bits per heavy atom. The zero-order valence-corrected chi connectivity index (χ0v) is 24.2. The van der Waals surface area contributed by atoms with Crippen LogP contribution in [0.1, 0.15) is 58.9 Å². The highest BCUT2D eigenvalue weighted by atomic mass is 16.5. The van der Waals surface area contributed by atoms with Crippen molar-refractivity contribution in [3.05, 3.63) is 108 Å². The van der Waals surface area contributed by atoms with Crippen LogP contribution in [0.5, 0.6) is 0 Å². The summed E-state index contributed by atoms with van der Waals surface area (Å²) in [5.74, 6) is -1.76. The molecular weight excluding hydrogens is 540 g/mol. The number of ether oxygens (including phenoxy) is 1. The second-order valence-corrected chi connectivity index (χ2v) is 11.2. The Morgan fingerprint density at radius 3 is 2.23 bits per heavy atom. The van der Waals surface area contributed by atoms with Gasteiger partial charge in [-0.1, -0.05) is 86.2 Å². The van der Waals surface area contributed by atoms with Crippen LogP contribution in [0.25, 0.3) is 22.2 Å². The van der Waals surface area contributed by atoms with Crippen LogP contribution < -0.4 is 4.90 Å². The van der Waals surface area contributed by atoms with Crippen molar-refractivity contribution >= 4 is 40.2 Å². The number of benzene rings is 3. The molecule has 43 heavy (non-hydrogen) atoms. The predicted octanol–water partition coefficient (Wildman–Crippen LogP) is 6.87. The maximum absolute atomic E-state index is 13.7. The number of hydrogen-bond donors (Lipinski definition) is 0. The first-order valence-electron chi connectivity index (χ1n) is 14.7. The Morgan fingerprint density at radius 2 is 1.58 bits per heavy atom. The SMILES string of the molecule is CCCC(OC(=O)c1cc(-c2ccc(N3C(=O)C4CC=CCC4C3=O)cc2)nc2c(C)cccc12)C(=O)c1ccccc1. The average molecular weight is 573 g/mol. The van der Waals surface area contributed by atoms with Crippen molar-refractivity contribution in [1.29, 1.82) is 0 Å². The minimum absolute atomic E-state index is 0.164. The number of aromatic nitrogens is 1. The Hall–Kier alpha value is -4.91. The first-order valence-corrected chi connectivity index (χ1v) is 14.7. The van der Waals surface area contributed by atoms with Crippen LogP contribution in [-0.4, -0.2) is 34.7 Å². The lowest BCUT2D eigenvalue weighted by Crippen LogP contribution is -2.30. The number of Topliss-reactive ketones (excluding diaryl/α,β-unsaturated/α-hetero) is 1. The molecule has 1 aliphatic heterocycles. The molecule has 216 valence electrons. The van der Waals surface area contributed by atoms with Gasteiger partial charge in [-0.15, -0.1) is 0 Å². The minimum atomic E-state index is -0.912. The van der Waals surface area contributed by atoms with Gasteiger partial charge in [0.25, 0.3) is 0 Å². The molecular formula is C36H32N2O5. The van der Waals surface area contributed by atoms with Crippen LogP contribution in [0.2, 0.25) is 0 Å². The smallest absolute Gasteiger partial charge is 0.339 e. The molecule has 1 fully saturated rings. The fourth-order valence-electron chi connectivity index (χ4n) is 6.03. The molecule has 1 aromatic heterocycles. The minimum Gasteiger partial charge on any atom is -0.450 e. The first kappa shape index (κ1) is 28.2. The van der Waals surface area contributed by atoms with Crippen molar-refractivity contribution in [2.24, 2.45) is 11.8 Å². The van der Waals surface area contributed by atoms with E-state index >= 15 is 0 Å². The van der Waals surface area contributed by atoms with E-state index in [-0.39, 0.29) is 29.4 Å². The van der Waals surface area contributed by atoms with Gasteiger partial charge in [0.2, 0.25) is 17.6 Å². The van der Waals surface area contributed by atoms with E-state index in [1.54, 1.807) is 54.6 Å². The number of pyridine rings is 1. The van der Waals surface area contributed by atoms with Crippen LogP contribution in [0.3, 0.4) is 0 Å². The maximum atomic E-state index is 13.7. The summed E-state index contributed by atoms with van der Waals surface area (Å²) in [6, 6.07) is 23.2. The van der Waals surface area contributed by atoms with Crippen LogP contribution >= 0.6 is 0 Å². The van der Waals surface area contributed by atoms with Crippen molar-refractivity contribution in [2.45, 2.75) is 45.6 Å². The highest BCUT2D eigenvalue weighted by Gasteiger charge is 2.47. The van der Waals surface area contributed by atoms with Gasteiger partial charge in [-0.2, -0.15) is 0 Å². The Labute approximate surface area is 250 Å². The van der Waals surface area contributed by atoms with Gasteiger partial charge in [-0.05, 0) is 49.9 Å². The van der Waals surface area contributed by atoms with Gasteiger partial charge in [-0.25, -0.2) is 9.78 Å². The predicted molar refractivity (Wildman–Crippen MR) is 165 cm³/mol. The lowest BCUT2D eigenvalue weighted by molar-refractivity contribution is -0.122. The number of carbonyl (C=O) groups excluding carboxylic acids is 4. The third-order valence-corrected chi connectivity index (χ3v) is 8.34. The third-order valence-electron chi connectivity index (χ3n) is 8.34. The van der Waals surface area contributed by atoms with Gasteiger partial charge in [0.1, 0.15) is 0 Å². The molecule has 1 aliphatic carbocycles. The van der Waals surface area contributed by atoms with Gasteiger partial charge >= 0.3 is 5.97 Å². The quantitative estimate of drug-likeness (QED) is 0.0990. The number of fused-ring (bicyclic) bond motifs is 2. The van der Waals surface area contributed by atoms with Crippen LogP contribution in [0.4, 0.5) is 5.69 Å². The molecule has 0 N–H and O–H groups in total. The Kier molecular flexibility index (Phi) is 7.72. The number of amides is 2. The lowest BCUT2D eigenvalue weighted by Gasteiger charge is -2.18. The van der Waals surface area contributed by atoms with Gasteiger partial charge < -0.3 is 4.74 Å².